The van der Waals surface area contributed by atoms with E-state index in [9.17, 15) is 24.0 Å². The van der Waals surface area contributed by atoms with Crippen LogP contribution in [-0.2, 0) is 38.2 Å². The number of carbonyl (C=O) groups is 5. The van der Waals surface area contributed by atoms with Gasteiger partial charge in [0.25, 0.3) is 11.8 Å². The Morgan fingerprint density at radius 1 is 0.788 bits per heavy atom. The van der Waals surface area contributed by atoms with E-state index in [0.717, 1.165) is 4.90 Å². The standard InChI is InChI=1S/C20H30N2O11/c23-15-2-3-16(24)22(15)8-1-7-21-20(12-31-9-4-17(25)26,13-32-10-5-18(27)28)14-33-11-6-19(29)30/h2-3,21H,1,4-14H2,(H,25,26)(H,27,28)(H,29,30). The number of aliphatic carboxylic acids is 3. The molecule has 0 fully saturated rings. The van der Waals surface area contributed by atoms with E-state index >= 15 is 0 Å². The van der Waals surface area contributed by atoms with Gasteiger partial charge >= 0.3 is 17.9 Å². The van der Waals surface area contributed by atoms with E-state index < -0.39 is 35.3 Å². The van der Waals surface area contributed by atoms with Crippen molar-refractivity contribution in [3.63, 3.8) is 0 Å². The fourth-order valence-electron chi connectivity index (χ4n) is 2.80. The van der Waals surface area contributed by atoms with Gasteiger partial charge in [0.2, 0.25) is 0 Å². The van der Waals surface area contributed by atoms with Crippen LogP contribution in [0.15, 0.2) is 12.2 Å². The third kappa shape index (κ3) is 12.1. The summed E-state index contributed by atoms with van der Waals surface area (Å²) in [5.74, 6) is -3.94. The summed E-state index contributed by atoms with van der Waals surface area (Å²) >= 11 is 0. The van der Waals surface area contributed by atoms with Gasteiger partial charge in [0.15, 0.2) is 0 Å². The normalized spacial score (nSPS) is 13.6. The number of carboxylic acid groups (broad SMARTS) is 3. The molecule has 0 aromatic rings. The van der Waals surface area contributed by atoms with Crippen LogP contribution >= 0.6 is 0 Å². The summed E-state index contributed by atoms with van der Waals surface area (Å²) in [7, 11) is 0. The van der Waals surface area contributed by atoms with Crippen LogP contribution in [-0.4, -0.2) is 108 Å². The predicted octanol–water partition coefficient (Wildman–Crippen LogP) is -0.896. The summed E-state index contributed by atoms with van der Waals surface area (Å²) in [6, 6.07) is 0. The highest BCUT2D eigenvalue weighted by Crippen LogP contribution is 2.11. The zero-order chi connectivity index (χ0) is 24.7. The lowest BCUT2D eigenvalue weighted by atomic mass is 10.0. The van der Waals surface area contributed by atoms with Gasteiger partial charge in [-0.25, -0.2) is 0 Å². The molecule has 1 rings (SSSR count). The predicted molar refractivity (Wildman–Crippen MR) is 110 cm³/mol. The van der Waals surface area contributed by atoms with Crippen molar-refractivity contribution >= 4 is 29.7 Å². The maximum Gasteiger partial charge on any atom is 0.305 e. The molecule has 0 spiro atoms. The van der Waals surface area contributed by atoms with E-state index in [-0.39, 0.29) is 72.0 Å². The summed E-state index contributed by atoms with van der Waals surface area (Å²) in [6.45, 7) is -0.0314. The first-order valence-electron chi connectivity index (χ1n) is 10.3. The Kier molecular flexibility index (Phi) is 12.8. The van der Waals surface area contributed by atoms with Crippen LogP contribution in [0.25, 0.3) is 0 Å². The summed E-state index contributed by atoms with van der Waals surface area (Å²) < 4.78 is 16.4. The average Bonchev–Trinajstić information content (AvgIpc) is 3.06. The molecule has 0 unspecified atom stereocenters. The molecule has 0 saturated carbocycles. The minimum absolute atomic E-state index is 0.0659. The molecule has 2 amide bonds. The molecule has 0 aromatic carbocycles. The number of ether oxygens (including phenoxy) is 3. The van der Waals surface area contributed by atoms with Crippen LogP contribution in [0.5, 0.6) is 0 Å². The van der Waals surface area contributed by atoms with Gasteiger partial charge in [-0.15, -0.1) is 0 Å². The third-order valence-corrected chi connectivity index (χ3v) is 4.47. The second kappa shape index (κ2) is 15.1. The minimum Gasteiger partial charge on any atom is -0.481 e. The van der Waals surface area contributed by atoms with Gasteiger partial charge in [-0.05, 0) is 13.0 Å². The van der Waals surface area contributed by atoms with E-state index in [2.05, 4.69) is 5.32 Å². The van der Waals surface area contributed by atoms with Gasteiger partial charge in [0.1, 0.15) is 0 Å². The molecule has 0 radical (unpaired) electrons. The van der Waals surface area contributed by atoms with Crippen LogP contribution in [0, 0.1) is 0 Å². The molecule has 33 heavy (non-hydrogen) atoms. The number of nitrogens with zero attached hydrogens (tertiary/aromatic N) is 1. The third-order valence-electron chi connectivity index (χ3n) is 4.47. The maximum absolute atomic E-state index is 11.7. The topological polar surface area (TPSA) is 189 Å². The number of rotatable bonds is 20. The molecule has 0 saturated heterocycles. The zero-order valence-electron chi connectivity index (χ0n) is 18.2. The molecule has 0 bridgehead atoms. The fraction of sp³-hybridized carbons (Fsp3) is 0.650. The van der Waals surface area contributed by atoms with Crippen LogP contribution in [0.1, 0.15) is 25.7 Å². The van der Waals surface area contributed by atoms with Gasteiger partial charge in [-0.3, -0.25) is 28.9 Å². The fourth-order valence-corrected chi connectivity index (χ4v) is 2.80. The second-order valence-corrected chi connectivity index (χ2v) is 7.31. The first kappa shape index (κ1) is 28.2. The van der Waals surface area contributed by atoms with Gasteiger partial charge in [0.05, 0.1) is 64.4 Å². The van der Waals surface area contributed by atoms with Crippen molar-refractivity contribution in [2.75, 3.05) is 52.7 Å². The maximum atomic E-state index is 11.7. The Hall–Kier alpha value is -2.87. The first-order valence-corrected chi connectivity index (χ1v) is 10.3. The largest absolute Gasteiger partial charge is 0.481 e. The molecule has 0 aliphatic carbocycles. The Balaban J connectivity index is 2.73. The van der Waals surface area contributed by atoms with E-state index in [1.165, 1.54) is 12.2 Å². The van der Waals surface area contributed by atoms with E-state index in [1.54, 1.807) is 0 Å². The van der Waals surface area contributed by atoms with Crippen molar-refractivity contribution in [3.05, 3.63) is 12.2 Å². The monoisotopic (exact) mass is 474 g/mol. The molecule has 0 aromatic heterocycles. The highest BCUT2D eigenvalue weighted by Gasteiger charge is 2.32. The van der Waals surface area contributed by atoms with Crippen LogP contribution in [0.2, 0.25) is 0 Å². The van der Waals surface area contributed by atoms with Crippen molar-refractivity contribution in [2.24, 2.45) is 0 Å². The lowest BCUT2D eigenvalue weighted by Gasteiger charge is -2.34. The van der Waals surface area contributed by atoms with Crippen molar-refractivity contribution in [3.8, 4) is 0 Å². The van der Waals surface area contributed by atoms with Gasteiger partial charge in [0, 0.05) is 18.7 Å². The summed E-state index contributed by atoms with van der Waals surface area (Å²) in [5, 5.41) is 29.5. The Morgan fingerprint density at radius 2 is 1.18 bits per heavy atom. The molecule has 13 heteroatoms. The van der Waals surface area contributed by atoms with Gasteiger partial charge < -0.3 is 34.8 Å². The highest BCUT2D eigenvalue weighted by molar-refractivity contribution is 6.12. The molecule has 1 aliphatic rings. The molecule has 4 N–H and O–H groups in total. The molecule has 1 aliphatic heterocycles. The second-order valence-electron chi connectivity index (χ2n) is 7.31. The van der Waals surface area contributed by atoms with E-state index in [1.807, 2.05) is 0 Å². The number of carboxylic acids is 3. The van der Waals surface area contributed by atoms with Crippen LogP contribution < -0.4 is 5.32 Å². The Morgan fingerprint density at radius 3 is 1.55 bits per heavy atom. The summed E-state index contributed by atoms with van der Waals surface area (Å²) in [6.07, 6.45) is 2.04. The molecule has 1 heterocycles. The smallest absolute Gasteiger partial charge is 0.305 e. The van der Waals surface area contributed by atoms with Crippen molar-refractivity contribution < 1.29 is 53.5 Å². The van der Waals surface area contributed by atoms with Gasteiger partial charge in [-0.1, -0.05) is 0 Å². The Labute approximate surface area is 190 Å². The number of imide groups is 1. The van der Waals surface area contributed by atoms with Crippen LogP contribution in [0.3, 0.4) is 0 Å². The van der Waals surface area contributed by atoms with E-state index in [0.29, 0.717) is 6.42 Å². The molecule has 0 atom stereocenters. The highest BCUT2D eigenvalue weighted by atomic mass is 16.5. The SMILES string of the molecule is O=C(O)CCOCC(COCCC(=O)O)(COCCC(=O)O)NCCCN1C(=O)C=CC1=O. The number of nitrogens with one attached hydrogen (secondary N) is 1. The lowest BCUT2D eigenvalue weighted by Crippen LogP contribution is -2.57. The molecule has 13 nitrogen and oxygen atoms in total. The lowest BCUT2D eigenvalue weighted by molar-refractivity contribution is -0.140. The van der Waals surface area contributed by atoms with E-state index in [4.69, 9.17) is 29.5 Å². The number of hydrogen-bond acceptors (Lipinski definition) is 9. The van der Waals surface area contributed by atoms with Crippen molar-refractivity contribution in [1.82, 2.24) is 10.2 Å². The first-order chi connectivity index (χ1) is 15.6. The summed E-state index contributed by atoms with van der Waals surface area (Å²) in [4.78, 5) is 56.6. The number of hydrogen-bond donors (Lipinski definition) is 4. The Bertz CT molecular complexity index is 650. The number of amides is 2. The molecular formula is C20H30N2O11. The minimum atomic E-state index is -1.05. The number of carbonyl (C=O) groups excluding carboxylic acids is 2. The van der Waals surface area contributed by atoms with Crippen LogP contribution in [0.4, 0.5) is 0 Å². The average molecular weight is 474 g/mol. The molecule has 186 valence electrons. The quantitative estimate of drug-likeness (QED) is 0.126. The van der Waals surface area contributed by atoms with Crippen molar-refractivity contribution in [2.45, 2.75) is 31.2 Å². The van der Waals surface area contributed by atoms with Crippen molar-refractivity contribution in [1.29, 1.82) is 0 Å². The molecular weight excluding hydrogens is 444 g/mol. The van der Waals surface area contributed by atoms with Gasteiger partial charge in [-0.2, -0.15) is 0 Å². The zero-order valence-corrected chi connectivity index (χ0v) is 18.2. The summed E-state index contributed by atoms with van der Waals surface area (Å²) in [5.41, 5.74) is -1.05.